The highest BCUT2D eigenvalue weighted by atomic mass is 16.2. The molecule has 1 unspecified atom stereocenters. The van der Waals surface area contributed by atoms with E-state index in [0.717, 1.165) is 11.3 Å². The maximum absolute atomic E-state index is 12.1. The van der Waals surface area contributed by atoms with Crippen LogP contribution in [0.1, 0.15) is 46.1 Å². The number of benzene rings is 1. The normalized spacial score (nSPS) is 13.5. The van der Waals surface area contributed by atoms with Crippen molar-refractivity contribution in [2.24, 2.45) is 11.1 Å². The fraction of sp³-hybridized carbons (Fsp3) is 0.533. The van der Waals surface area contributed by atoms with Crippen LogP contribution in [0, 0.1) is 5.41 Å². The van der Waals surface area contributed by atoms with Crippen molar-refractivity contribution in [2.45, 2.75) is 46.6 Å². The smallest absolute Gasteiger partial charge is 0.241 e. The minimum absolute atomic E-state index is 0.129. The predicted octanol–water partition coefficient (Wildman–Crippen LogP) is 3.12. The summed E-state index contributed by atoms with van der Waals surface area (Å²) in [5.74, 6) is 0.239. The van der Waals surface area contributed by atoms with E-state index in [-0.39, 0.29) is 11.3 Å². The molecule has 3 heteroatoms. The Bertz CT molecular complexity index is 419. The molecule has 100 valence electrons. The number of hydrogen-bond acceptors (Lipinski definition) is 2. The van der Waals surface area contributed by atoms with Crippen molar-refractivity contribution < 1.29 is 4.79 Å². The Morgan fingerprint density at radius 2 is 1.78 bits per heavy atom. The zero-order valence-electron chi connectivity index (χ0n) is 11.9. The topological polar surface area (TPSA) is 55.1 Å². The summed E-state index contributed by atoms with van der Waals surface area (Å²) in [4.78, 5) is 12.1. The summed E-state index contributed by atoms with van der Waals surface area (Å²) in [6.07, 6.45) is 0. The van der Waals surface area contributed by atoms with Crippen molar-refractivity contribution >= 4 is 11.6 Å². The Morgan fingerprint density at radius 3 is 2.28 bits per heavy atom. The molecule has 0 heterocycles. The minimum Gasteiger partial charge on any atom is -0.324 e. The first-order chi connectivity index (χ1) is 8.23. The molecule has 0 bridgehead atoms. The van der Waals surface area contributed by atoms with Crippen molar-refractivity contribution in [3.05, 3.63) is 29.8 Å². The maximum atomic E-state index is 12.1. The van der Waals surface area contributed by atoms with E-state index >= 15 is 0 Å². The highest BCUT2D eigenvalue weighted by Crippen LogP contribution is 2.25. The number of para-hydroxylation sites is 1. The zero-order valence-corrected chi connectivity index (χ0v) is 11.9. The standard InChI is InChI=1S/C15H24N2O/c1-10(2)11-8-6-7-9-12(11)17-14(18)13(16)15(3,4)5/h6-10,13H,16H2,1-5H3,(H,17,18). The molecule has 0 spiro atoms. The van der Waals surface area contributed by atoms with E-state index in [1.165, 1.54) is 0 Å². The van der Waals surface area contributed by atoms with E-state index in [9.17, 15) is 4.79 Å². The summed E-state index contributed by atoms with van der Waals surface area (Å²) in [7, 11) is 0. The van der Waals surface area contributed by atoms with E-state index in [2.05, 4.69) is 19.2 Å². The third kappa shape index (κ3) is 3.57. The van der Waals surface area contributed by atoms with Gasteiger partial charge in [-0.25, -0.2) is 0 Å². The molecule has 0 aliphatic heterocycles. The number of carbonyl (C=O) groups is 1. The molecule has 0 saturated heterocycles. The zero-order chi connectivity index (χ0) is 13.9. The number of nitrogens with two attached hydrogens (primary N) is 1. The molecule has 0 radical (unpaired) electrons. The Morgan fingerprint density at radius 1 is 1.22 bits per heavy atom. The van der Waals surface area contributed by atoms with Gasteiger partial charge >= 0.3 is 0 Å². The number of amides is 1. The second kappa shape index (κ2) is 5.53. The quantitative estimate of drug-likeness (QED) is 0.863. The molecule has 1 atom stereocenters. The summed E-state index contributed by atoms with van der Waals surface area (Å²) >= 11 is 0. The maximum Gasteiger partial charge on any atom is 0.241 e. The Kier molecular flexibility index (Phi) is 4.52. The van der Waals surface area contributed by atoms with Crippen LogP contribution >= 0.6 is 0 Å². The summed E-state index contributed by atoms with van der Waals surface area (Å²) in [5, 5.41) is 2.93. The van der Waals surface area contributed by atoms with Gasteiger partial charge in [-0.1, -0.05) is 52.8 Å². The summed E-state index contributed by atoms with van der Waals surface area (Å²) in [6, 6.07) is 7.34. The van der Waals surface area contributed by atoms with Crippen LogP contribution in [-0.2, 0) is 4.79 Å². The van der Waals surface area contributed by atoms with Crippen molar-refractivity contribution in [3.63, 3.8) is 0 Å². The SMILES string of the molecule is CC(C)c1ccccc1NC(=O)C(N)C(C)(C)C. The lowest BCUT2D eigenvalue weighted by Crippen LogP contribution is -2.45. The van der Waals surface area contributed by atoms with E-state index in [0.29, 0.717) is 5.92 Å². The van der Waals surface area contributed by atoms with Crippen LogP contribution in [0.2, 0.25) is 0 Å². The predicted molar refractivity (Wildman–Crippen MR) is 76.6 cm³/mol. The fourth-order valence-electron chi connectivity index (χ4n) is 1.72. The molecule has 0 fully saturated rings. The highest BCUT2D eigenvalue weighted by Gasteiger charge is 2.27. The highest BCUT2D eigenvalue weighted by molar-refractivity contribution is 5.95. The van der Waals surface area contributed by atoms with Crippen LogP contribution in [0.5, 0.6) is 0 Å². The number of carbonyl (C=O) groups excluding carboxylic acids is 1. The molecular weight excluding hydrogens is 224 g/mol. The van der Waals surface area contributed by atoms with Gasteiger partial charge in [-0.3, -0.25) is 4.79 Å². The van der Waals surface area contributed by atoms with E-state index in [4.69, 9.17) is 5.73 Å². The van der Waals surface area contributed by atoms with Gasteiger partial charge in [-0.15, -0.1) is 0 Å². The number of rotatable bonds is 3. The van der Waals surface area contributed by atoms with Crippen LogP contribution in [0.4, 0.5) is 5.69 Å². The molecule has 1 aromatic rings. The van der Waals surface area contributed by atoms with Gasteiger partial charge in [0.25, 0.3) is 0 Å². The van der Waals surface area contributed by atoms with Crippen LogP contribution in [0.25, 0.3) is 0 Å². The summed E-state index contributed by atoms with van der Waals surface area (Å²) in [6.45, 7) is 10.1. The van der Waals surface area contributed by atoms with Gasteiger partial charge in [0, 0.05) is 5.69 Å². The van der Waals surface area contributed by atoms with Crippen LogP contribution in [0.15, 0.2) is 24.3 Å². The Labute approximate surface area is 110 Å². The van der Waals surface area contributed by atoms with E-state index in [1.54, 1.807) is 0 Å². The second-order valence-corrected chi connectivity index (χ2v) is 6.07. The molecule has 0 aromatic heterocycles. The van der Waals surface area contributed by atoms with E-state index < -0.39 is 6.04 Å². The molecule has 3 N–H and O–H groups in total. The number of nitrogens with one attached hydrogen (secondary N) is 1. The first-order valence-electron chi connectivity index (χ1n) is 6.39. The van der Waals surface area contributed by atoms with Gasteiger partial charge in [0.05, 0.1) is 6.04 Å². The molecule has 18 heavy (non-hydrogen) atoms. The van der Waals surface area contributed by atoms with Crippen molar-refractivity contribution in [3.8, 4) is 0 Å². The molecule has 0 aliphatic carbocycles. The minimum atomic E-state index is -0.516. The Balaban J connectivity index is 2.89. The average molecular weight is 248 g/mol. The van der Waals surface area contributed by atoms with Crippen LogP contribution in [-0.4, -0.2) is 11.9 Å². The number of anilines is 1. The van der Waals surface area contributed by atoms with Crippen LogP contribution in [0.3, 0.4) is 0 Å². The van der Waals surface area contributed by atoms with Gasteiger partial charge in [0.1, 0.15) is 0 Å². The fourth-order valence-corrected chi connectivity index (χ4v) is 1.72. The first kappa shape index (κ1) is 14.7. The molecule has 1 rings (SSSR count). The van der Waals surface area contributed by atoms with Crippen LogP contribution < -0.4 is 11.1 Å². The lowest BCUT2D eigenvalue weighted by molar-refractivity contribution is -0.119. The Hall–Kier alpha value is -1.35. The molecule has 0 saturated carbocycles. The van der Waals surface area contributed by atoms with Crippen molar-refractivity contribution in [1.29, 1.82) is 0 Å². The average Bonchev–Trinajstić information content (AvgIpc) is 2.27. The lowest BCUT2D eigenvalue weighted by atomic mass is 9.87. The first-order valence-corrected chi connectivity index (χ1v) is 6.39. The molecule has 0 aliphatic rings. The third-order valence-electron chi connectivity index (χ3n) is 3.06. The molecule has 3 nitrogen and oxygen atoms in total. The van der Waals surface area contributed by atoms with Gasteiger partial charge in [0.15, 0.2) is 0 Å². The van der Waals surface area contributed by atoms with E-state index in [1.807, 2.05) is 45.0 Å². The molecule has 1 aromatic carbocycles. The van der Waals surface area contributed by atoms with Gasteiger partial charge in [-0.2, -0.15) is 0 Å². The second-order valence-electron chi connectivity index (χ2n) is 6.07. The van der Waals surface area contributed by atoms with Gasteiger partial charge in [0.2, 0.25) is 5.91 Å². The molecular formula is C15H24N2O. The summed E-state index contributed by atoms with van der Waals surface area (Å²) < 4.78 is 0. The number of hydrogen-bond donors (Lipinski definition) is 2. The summed E-state index contributed by atoms with van der Waals surface area (Å²) in [5.41, 5.74) is 7.71. The van der Waals surface area contributed by atoms with Crippen molar-refractivity contribution in [2.75, 3.05) is 5.32 Å². The van der Waals surface area contributed by atoms with Crippen molar-refractivity contribution in [1.82, 2.24) is 0 Å². The van der Waals surface area contributed by atoms with Gasteiger partial charge in [-0.05, 0) is 23.0 Å². The third-order valence-corrected chi connectivity index (χ3v) is 3.06. The monoisotopic (exact) mass is 248 g/mol. The largest absolute Gasteiger partial charge is 0.324 e. The lowest BCUT2D eigenvalue weighted by Gasteiger charge is -2.26. The molecule has 1 amide bonds. The van der Waals surface area contributed by atoms with Gasteiger partial charge < -0.3 is 11.1 Å².